The third kappa shape index (κ3) is 4.44. The van der Waals surface area contributed by atoms with Crippen LogP contribution < -0.4 is 15.4 Å². The summed E-state index contributed by atoms with van der Waals surface area (Å²) in [5, 5.41) is 5.89. The molecule has 0 atom stereocenters. The van der Waals surface area contributed by atoms with Gasteiger partial charge in [-0.25, -0.2) is 9.97 Å². The van der Waals surface area contributed by atoms with E-state index in [1.807, 2.05) is 45.0 Å². The van der Waals surface area contributed by atoms with Gasteiger partial charge >= 0.3 is 0 Å². The number of carbonyl (C=O) groups is 1. The lowest BCUT2D eigenvalue weighted by Crippen LogP contribution is -2.30. The van der Waals surface area contributed by atoms with E-state index in [1.54, 1.807) is 0 Å². The first-order chi connectivity index (χ1) is 10.6. The molecule has 2 N–H and O–H groups in total. The van der Waals surface area contributed by atoms with Crippen molar-refractivity contribution in [1.82, 2.24) is 15.3 Å². The predicted octanol–water partition coefficient (Wildman–Crippen LogP) is 2.76. The van der Waals surface area contributed by atoms with Crippen LogP contribution in [0.15, 0.2) is 36.7 Å². The molecular formula is C16H20N4O2. The fraction of sp³-hybridized carbons (Fsp3) is 0.312. The highest BCUT2D eigenvalue weighted by molar-refractivity contribution is 5.92. The Kier molecular flexibility index (Phi) is 5.30. The highest BCUT2D eigenvalue weighted by Gasteiger charge is 2.09. The zero-order valence-electron chi connectivity index (χ0n) is 13.0. The van der Waals surface area contributed by atoms with E-state index in [0.29, 0.717) is 18.1 Å². The molecule has 1 aromatic heterocycles. The average Bonchev–Trinajstić information content (AvgIpc) is 2.49. The zero-order valence-corrected chi connectivity index (χ0v) is 13.0. The van der Waals surface area contributed by atoms with Gasteiger partial charge in [-0.15, -0.1) is 0 Å². The third-order valence-corrected chi connectivity index (χ3v) is 2.74. The number of anilines is 2. The van der Waals surface area contributed by atoms with Crippen molar-refractivity contribution in [3.8, 4) is 5.75 Å². The Labute approximate surface area is 129 Å². The standard InChI is InChI=1S/C16H20N4O2/c1-4-22-13-7-5-12(6-8-13)20-15-10-17-14(9-18-15)16(21)19-11(2)3/h5-11H,4H2,1-3H3,(H,18,20)(H,19,21). The number of carbonyl (C=O) groups excluding carboxylic acids is 1. The first-order valence-electron chi connectivity index (χ1n) is 7.21. The highest BCUT2D eigenvalue weighted by Crippen LogP contribution is 2.18. The van der Waals surface area contributed by atoms with Crippen LogP contribution in [0.3, 0.4) is 0 Å². The van der Waals surface area contributed by atoms with Crippen LogP contribution in [0.5, 0.6) is 5.75 Å². The van der Waals surface area contributed by atoms with Crippen LogP contribution in [-0.2, 0) is 0 Å². The van der Waals surface area contributed by atoms with Crippen molar-refractivity contribution in [3.63, 3.8) is 0 Å². The molecule has 22 heavy (non-hydrogen) atoms. The molecule has 2 aromatic rings. The summed E-state index contributed by atoms with van der Waals surface area (Å²) in [7, 11) is 0. The van der Waals surface area contributed by atoms with Gasteiger partial charge in [0.2, 0.25) is 0 Å². The molecule has 0 aliphatic carbocycles. The number of hydrogen-bond acceptors (Lipinski definition) is 5. The summed E-state index contributed by atoms with van der Waals surface area (Å²) in [4.78, 5) is 20.1. The lowest BCUT2D eigenvalue weighted by Gasteiger charge is -2.09. The lowest BCUT2D eigenvalue weighted by molar-refractivity contribution is 0.0937. The summed E-state index contributed by atoms with van der Waals surface area (Å²) in [6.45, 7) is 6.37. The number of benzene rings is 1. The molecule has 0 saturated carbocycles. The average molecular weight is 300 g/mol. The molecule has 0 spiro atoms. The summed E-state index contributed by atoms with van der Waals surface area (Å²) < 4.78 is 5.38. The van der Waals surface area contributed by atoms with Gasteiger partial charge in [-0.3, -0.25) is 4.79 Å². The van der Waals surface area contributed by atoms with Crippen molar-refractivity contribution in [3.05, 3.63) is 42.4 Å². The minimum Gasteiger partial charge on any atom is -0.494 e. The fourth-order valence-corrected chi connectivity index (χ4v) is 1.80. The SMILES string of the molecule is CCOc1ccc(Nc2cnc(C(=O)NC(C)C)cn2)cc1. The Balaban J connectivity index is 2.00. The molecule has 0 bridgehead atoms. The third-order valence-electron chi connectivity index (χ3n) is 2.74. The molecule has 116 valence electrons. The van der Waals surface area contributed by atoms with E-state index >= 15 is 0 Å². The minimum absolute atomic E-state index is 0.0657. The maximum absolute atomic E-state index is 11.8. The van der Waals surface area contributed by atoms with E-state index in [1.165, 1.54) is 12.4 Å². The first kappa shape index (κ1) is 15.8. The Hall–Kier alpha value is -2.63. The van der Waals surface area contributed by atoms with Crippen molar-refractivity contribution in [2.45, 2.75) is 26.8 Å². The van der Waals surface area contributed by atoms with Crippen LogP contribution in [-0.4, -0.2) is 28.5 Å². The molecule has 0 aliphatic rings. The van der Waals surface area contributed by atoms with E-state index in [9.17, 15) is 4.79 Å². The first-order valence-corrected chi connectivity index (χ1v) is 7.21. The van der Waals surface area contributed by atoms with Crippen LogP contribution in [0, 0.1) is 0 Å². The Morgan fingerprint density at radius 3 is 2.45 bits per heavy atom. The van der Waals surface area contributed by atoms with E-state index in [0.717, 1.165) is 11.4 Å². The van der Waals surface area contributed by atoms with Crippen molar-refractivity contribution in [2.75, 3.05) is 11.9 Å². The van der Waals surface area contributed by atoms with Crippen LogP contribution in [0.2, 0.25) is 0 Å². The maximum atomic E-state index is 11.8. The van der Waals surface area contributed by atoms with E-state index < -0.39 is 0 Å². The van der Waals surface area contributed by atoms with Crippen molar-refractivity contribution >= 4 is 17.4 Å². The van der Waals surface area contributed by atoms with Crippen LogP contribution in [0.25, 0.3) is 0 Å². The van der Waals surface area contributed by atoms with Gasteiger partial charge in [-0.2, -0.15) is 0 Å². The number of aromatic nitrogens is 2. The topological polar surface area (TPSA) is 76.1 Å². The molecular weight excluding hydrogens is 280 g/mol. The monoisotopic (exact) mass is 300 g/mol. The van der Waals surface area contributed by atoms with Crippen LogP contribution >= 0.6 is 0 Å². The maximum Gasteiger partial charge on any atom is 0.271 e. The minimum atomic E-state index is -0.227. The van der Waals surface area contributed by atoms with Gasteiger partial charge in [0, 0.05) is 11.7 Å². The van der Waals surface area contributed by atoms with Crippen molar-refractivity contribution in [2.24, 2.45) is 0 Å². The molecule has 0 saturated heterocycles. The predicted molar refractivity (Wildman–Crippen MR) is 85.5 cm³/mol. The van der Waals surface area contributed by atoms with Gasteiger partial charge in [0.15, 0.2) is 0 Å². The second kappa shape index (κ2) is 7.40. The number of rotatable bonds is 6. The number of nitrogens with one attached hydrogen (secondary N) is 2. The molecule has 0 unspecified atom stereocenters. The van der Waals surface area contributed by atoms with Gasteiger partial charge in [-0.05, 0) is 45.0 Å². The number of ether oxygens (including phenoxy) is 1. The van der Waals surface area contributed by atoms with Crippen LogP contribution in [0.1, 0.15) is 31.3 Å². The molecule has 1 amide bonds. The van der Waals surface area contributed by atoms with Crippen LogP contribution in [0.4, 0.5) is 11.5 Å². The van der Waals surface area contributed by atoms with Gasteiger partial charge in [0.25, 0.3) is 5.91 Å². The van der Waals surface area contributed by atoms with Crippen molar-refractivity contribution in [1.29, 1.82) is 0 Å². The number of amides is 1. The van der Waals surface area contributed by atoms with Gasteiger partial charge in [0.1, 0.15) is 17.3 Å². The number of hydrogen-bond donors (Lipinski definition) is 2. The van der Waals surface area contributed by atoms with Gasteiger partial charge in [-0.1, -0.05) is 0 Å². The molecule has 6 heteroatoms. The summed E-state index contributed by atoms with van der Waals surface area (Å²) in [5.41, 5.74) is 1.17. The second-order valence-corrected chi connectivity index (χ2v) is 5.00. The Morgan fingerprint density at radius 2 is 1.91 bits per heavy atom. The molecule has 0 radical (unpaired) electrons. The lowest BCUT2D eigenvalue weighted by atomic mass is 10.3. The quantitative estimate of drug-likeness (QED) is 0.858. The summed E-state index contributed by atoms with van der Waals surface area (Å²) in [5.74, 6) is 1.17. The highest BCUT2D eigenvalue weighted by atomic mass is 16.5. The second-order valence-electron chi connectivity index (χ2n) is 5.00. The van der Waals surface area contributed by atoms with E-state index in [2.05, 4.69) is 20.6 Å². The summed E-state index contributed by atoms with van der Waals surface area (Å²) >= 11 is 0. The molecule has 2 rings (SSSR count). The fourth-order valence-electron chi connectivity index (χ4n) is 1.80. The van der Waals surface area contributed by atoms with Gasteiger partial charge in [0.05, 0.1) is 19.0 Å². The summed E-state index contributed by atoms with van der Waals surface area (Å²) in [6.07, 6.45) is 2.99. The smallest absolute Gasteiger partial charge is 0.271 e. The Bertz CT molecular complexity index is 609. The van der Waals surface area contributed by atoms with E-state index in [4.69, 9.17) is 4.74 Å². The number of nitrogens with zero attached hydrogens (tertiary/aromatic N) is 2. The molecule has 0 fully saturated rings. The van der Waals surface area contributed by atoms with E-state index in [-0.39, 0.29) is 11.9 Å². The molecule has 0 aliphatic heterocycles. The van der Waals surface area contributed by atoms with Crippen molar-refractivity contribution < 1.29 is 9.53 Å². The summed E-state index contributed by atoms with van der Waals surface area (Å²) in [6, 6.07) is 7.61. The Morgan fingerprint density at radius 1 is 1.18 bits per heavy atom. The molecule has 1 heterocycles. The molecule has 6 nitrogen and oxygen atoms in total. The largest absolute Gasteiger partial charge is 0.494 e. The molecule has 1 aromatic carbocycles. The zero-order chi connectivity index (χ0) is 15.9. The van der Waals surface area contributed by atoms with Gasteiger partial charge < -0.3 is 15.4 Å². The normalized spacial score (nSPS) is 10.4.